The topological polar surface area (TPSA) is 54.7 Å². The van der Waals surface area contributed by atoms with Gasteiger partial charge in [0.2, 0.25) is 0 Å². The van der Waals surface area contributed by atoms with Gasteiger partial charge in [-0.05, 0) is 42.8 Å². The molecule has 19 heavy (non-hydrogen) atoms. The molecule has 3 aromatic rings. The number of aromatic nitrogens is 2. The summed E-state index contributed by atoms with van der Waals surface area (Å²) >= 11 is 3.43. The number of H-pyrrole nitrogens is 1. The van der Waals surface area contributed by atoms with E-state index in [1.54, 1.807) is 6.07 Å². The third-order valence-corrected chi connectivity index (χ3v) is 3.45. The summed E-state index contributed by atoms with van der Waals surface area (Å²) in [6, 6.07) is 8.35. The Kier molecular flexibility index (Phi) is 2.78. The lowest BCUT2D eigenvalue weighted by molar-refractivity contribution is 0.630. The van der Waals surface area contributed by atoms with Crippen LogP contribution in [0.2, 0.25) is 0 Å². The summed E-state index contributed by atoms with van der Waals surface area (Å²) in [5, 5.41) is 0. The average molecular weight is 320 g/mol. The summed E-state index contributed by atoms with van der Waals surface area (Å²) in [6.45, 7) is 1.97. The van der Waals surface area contributed by atoms with Gasteiger partial charge < -0.3 is 10.7 Å². The number of nitrogens with two attached hydrogens (primary N) is 1. The van der Waals surface area contributed by atoms with Crippen LogP contribution >= 0.6 is 15.9 Å². The molecule has 0 fully saturated rings. The number of aromatic amines is 1. The van der Waals surface area contributed by atoms with Crippen molar-refractivity contribution in [3.8, 4) is 11.4 Å². The number of halogens is 2. The van der Waals surface area contributed by atoms with Crippen LogP contribution in [0.5, 0.6) is 0 Å². The molecule has 0 unspecified atom stereocenters. The van der Waals surface area contributed by atoms with Crippen LogP contribution in [0.15, 0.2) is 34.8 Å². The highest BCUT2D eigenvalue weighted by atomic mass is 79.9. The lowest BCUT2D eigenvalue weighted by atomic mass is 10.2. The molecule has 0 spiro atoms. The van der Waals surface area contributed by atoms with Crippen molar-refractivity contribution in [2.45, 2.75) is 6.92 Å². The first-order chi connectivity index (χ1) is 9.04. The fraction of sp³-hybridized carbons (Fsp3) is 0.0714. The number of benzene rings is 2. The fourth-order valence-electron chi connectivity index (χ4n) is 2.10. The van der Waals surface area contributed by atoms with E-state index in [4.69, 9.17) is 5.73 Å². The maximum absolute atomic E-state index is 13.8. The van der Waals surface area contributed by atoms with E-state index in [1.165, 1.54) is 12.1 Å². The quantitative estimate of drug-likeness (QED) is 0.665. The van der Waals surface area contributed by atoms with E-state index in [9.17, 15) is 4.39 Å². The normalized spacial score (nSPS) is 11.1. The second-order valence-electron chi connectivity index (χ2n) is 4.44. The first kappa shape index (κ1) is 12.2. The van der Waals surface area contributed by atoms with E-state index in [0.29, 0.717) is 17.1 Å². The lowest BCUT2D eigenvalue weighted by Gasteiger charge is -2.00. The Balaban J connectivity index is 2.26. The molecule has 0 radical (unpaired) electrons. The number of nitrogen functional groups attached to an aromatic ring is 1. The molecule has 0 saturated carbocycles. The van der Waals surface area contributed by atoms with Crippen LogP contribution in [0.4, 0.5) is 10.1 Å². The van der Waals surface area contributed by atoms with Crippen molar-refractivity contribution in [3.63, 3.8) is 0 Å². The average Bonchev–Trinajstić information content (AvgIpc) is 2.76. The molecule has 1 heterocycles. The van der Waals surface area contributed by atoms with Gasteiger partial charge in [0.05, 0.1) is 16.6 Å². The number of rotatable bonds is 1. The molecule has 96 valence electrons. The van der Waals surface area contributed by atoms with Crippen LogP contribution in [0, 0.1) is 12.7 Å². The zero-order chi connectivity index (χ0) is 13.6. The van der Waals surface area contributed by atoms with E-state index >= 15 is 0 Å². The molecule has 5 heteroatoms. The second-order valence-corrected chi connectivity index (χ2v) is 5.36. The monoisotopic (exact) mass is 319 g/mol. The molecule has 3 N–H and O–H groups in total. The molecule has 0 atom stereocenters. The highest BCUT2D eigenvalue weighted by Gasteiger charge is 2.12. The Hall–Kier alpha value is -1.88. The van der Waals surface area contributed by atoms with Crippen LogP contribution in [0.1, 0.15) is 5.56 Å². The van der Waals surface area contributed by atoms with E-state index in [1.807, 2.05) is 19.1 Å². The number of imidazole rings is 1. The number of nitrogens with zero attached hydrogens (tertiary/aromatic N) is 1. The van der Waals surface area contributed by atoms with E-state index in [-0.39, 0.29) is 5.82 Å². The van der Waals surface area contributed by atoms with E-state index in [0.717, 1.165) is 21.1 Å². The Morgan fingerprint density at radius 2 is 2.05 bits per heavy atom. The fourth-order valence-corrected chi connectivity index (χ4v) is 2.67. The number of nitrogens with one attached hydrogen (secondary N) is 1. The predicted molar refractivity (Wildman–Crippen MR) is 78.3 cm³/mol. The molecule has 0 saturated heterocycles. The first-order valence-electron chi connectivity index (χ1n) is 5.76. The minimum absolute atomic E-state index is 0.343. The minimum atomic E-state index is -0.343. The van der Waals surface area contributed by atoms with Crippen molar-refractivity contribution < 1.29 is 4.39 Å². The van der Waals surface area contributed by atoms with Gasteiger partial charge in [0.25, 0.3) is 0 Å². The molecule has 0 bridgehead atoms. The number of hydrogen-bond donors (Lipinski definition) is 2. The summed E-state index contributed by atoms with van der Waals surface area (Å²) < 4.78 is 14.8. The Labute approximate surface area is 117 Å². The van der Waals surface area contributed by atoms with Crippen LogP contribution in [-0.2, 0) is 0 Å². The predicted octanol–water partition coefficient (Wildman–Crippen LogP) is 4.02. The largest absolute Gasteiger partial charge is 0.399 e. The molecule has 0 aliphatic heterocycles. The van der Waals surface area contributed by atoms with Gasteiger partial charge in [0.1, 0.15) is 11.6 Å². The van der Waals surface area contributed by atoms with Crippen molar-refractivity contribution in [1.82, 2.24) is 9.97 Å². The Bertz CT molecular complexity index is 780. The summed E-state index contributed by atoms with van der Waals surface area (Å²) in [6.07, 6.45) is 0. The van der Waals surface area contributed by atoms with Gasteiger partial charge in [-0.3, -0.25) is 0 Å². The zero-order valence-electron chi connectivity index (χ0n) is 10.2. The van der Waals surface area contributed by atoms with Crippen molar-refractivity contribution in [2.24, 2.45) is 0 Å². The third-order valence-electron chi connectivity index (χ3n) is 2.99. The zero-order valence-corrected chi connectivity index (χ0v) is 11.8. The molecule has 0 aliphatic carbocycles. The molecule has 0 amide bonds. The third kappa shape index (κ3) is 2.10. The summed E-state index contributed by atoms with van der Waals surface area (Å²) in [5.41, 5.74) is 9.31. The van der Waals surface area contributed by atoms with Crippen molar-refractivity contribution >= 4 is 32.7 Å². The minimum Gasteiger partial charge on any atom is -0.399 e. The summed E-state index contributed by atoms with van der Waals surface area (Å²) in [7, 11) is 0. The Morgan fingerprint density at radius 3 is 2.84 bits per heavy atom. The van der Waals surface area contributed by atoms with Crippen LogP contribution in [0.25, 0.3) is 22.4 Å². The van der Waals surface area contributed by atoms with Crippen molar-refractivity contribution in [3.05, 3.63) is 46.2 Å². The second kappa shape index (κ2) is 4.35. The van der Waals surface area contributed by atoms with Crippen molar-refractivity contribution in [1.29, 1.82) is 0 Å². The van der Waals surface area contributed by atoms with Gasteiger partial charge >= 0.3 is 0 Å². The molecule has 1 aromatic heterocycles. The van der Waals surface area contributed by atoms with Crippen LogP contribution in [0.3, 0.4) is 0 Å². The van der Waals surface area contributed by atoms with Gasteiger partial charge in [-0.2, -0.15) is 0 Å². The number of hydrogen-bond acceptors (Lipinski definition) is 2. The smallest absolute Gasteiger partial charge is 0.141 e. The van der Waals surface area contributed by atoms with Gasteiger partial charge in [-0.1, -0.05) is 15.9 Å². The molecule has 2 aromatic carbocycles. The van der Waals surface area contributed by atoms with E-state index in [2.05, 4.69) is 25.9 Å². The highest BCUT2D eigenvalue weighted by molar-refractivity contribution is 9.10. The maximum atomic E-state index is 13.8. The van der Waals surface area contributed by atoms with Gasteiger partial charge in [-0.25, -0.2) is 9.37 Å². The summed E-state index contributed by atoms with van der Waals surface area (Å²) in [4.78, 5) is 7.58. The van der Waals surface area contributed by atoms with Crippen LogP contribution < -0.4 is 5.73 Å². The highest BCUT2D eigenvalue weighted by Crippen LogP contribution is 2.28. The molecular weight excluding hydrogens is 309 g/mol. The standard InChI is InChI=1S/C14H11BrFN3/c1-7-4-8(15)5-12-13(7)19-14(18-12)10-6-9(17)2-3-11(10)16/h2-6H,17H2,1H3,(H,18,19). The molecule has 0 aliphatic rings. The lowest BCUT2D eigenvalue weighted by Crippen LogP contribution is -1.90. The van der Waals surface area contributed by atoms with E-state index < -0.39 is 0 Å². The number of fused-ring (bicyclic) bond motifs is 1. The molecule has 3 rings (SSSR count). The van der Waals surface area contributed by atoms with Gasteiger partial charge in [0, 0.05) is 10.2 Å². The SMILES string of the molecule is Cc1cc(Br)cc2[nH]c(-c3cc(N)ccc3F)nc12. The maximum Gasteiger partial charge on any atom is 0.141 e. The molecule has 3 nitrogen and oxygen atoms in total. The molecular formula is C14H11BrFN3. The Morgan fingerprint density at radius 1 is 1.26 bits per heavy atom. The first-order valence-corrected chi connectivity index (χ1v) is 6.55. The van der Waals surface area contributed by atoms with Crippen LogP contribution in [-0.4, -0.2) is 9.97 Å². The number of aryl methyl sites for hydroxylation is 1. The number of anilines is 1. The summed E-state index contributed by atoms with van der Waals surface area (Å²) in [5.74, 6) is 0.144. The van der Waals surface area contributed by atoms with Crippen molar-refractivity contribution in [2.75, 3.05) is 5.73 Å². The van der Waals surface area contributed by atoms with Gasteiger partial charge in [0.15, 0.2) is 0 Å². The van der Waals surface area contributed by atoms with Gasteiger partial charge in [-0.15, -0.1) is 0 Å².